The van der Waals surface area contributed by atoms with Gasteiger partial charge in [0.05, 0.1) is 5.92 Å². The van der Waals surface area contributed by atoms with Crippen molar-refractivity contribution in [2.75, 3.05) is 24.7 Å². The standard InChI is InChI=1S/C24H27N3O3S/c1-25-23(29)17-5-3-16(4-6-17)14-27(20-7-8-20)24(30)18-13-22(28)26(15-18)19-9-11-21(31-2)12-10-19/h3-6,9-12,18,20H,7-8,13-15H2,1-2H3,(H,25,29)/t18-/m0/s1. The lowest BCUT2D eigenvalue weighted by molar-refractivity contribution is -0.137. The summed E-state index contributed by atoms with van der Waals surface area (Å²) in [6.45, 7) is 0.930. The Morgan fingerprint density at radius 3 is 2.35 bits per heavy atom. The minimum Gasteiger partial charge on any atom is -0.355 e. The van der Waals surface area contributed by atoms with Crippen LogP contribution in [0.3, 0.4) is 0 Å². The maximum Gasteiger partial charge on any atom is 0.251 e. The smallest absolute Gasteiger partial charge is 0.251 e. The number of carbonyl (C=O) groups excluding carboxylic acids is 3. The molecule has 2 aliphatic rings. The predicted octanol–water partition coefficient (Wildman–Crippen LogP) is 3.31. The van der Waals surface area contributed by atoms with Gasteiger partial charge in [0.1, 0.15) is 0 Å². The molecule has 1 heterocycles. The number of nitrogens with one attached hydrogen (secondary N) is 1. The van der Waals surface area contributed by atoms with Crippen molar-refractivity contribution in [1.29, 1.82) is 0 Å². The molecule has 4 rings (SSSR count). The average Bonchev–Trinajstić information content (AvgIpc) is 3.58. The van der Waals surface area contributed by atoms with Crippen LogP contribution in [0.5, 0.6) is 0 Å². The molecule has 3 amide bonds. The van der Waals surface area contributed by atoms with Gasteiger partial charge < -0.3 is 15.1 Å². The summed E-state index contributed by atoms with van der Waals surface area (Å²) in [6.07, 6.45) is 4.27. The first kappa shape index (κ1) is 21.4. The number of hydrogen-bond acceptors (Lipinski definition) is 4. The van der Waals surface area contributed by atoms with E-state index in [9.17, 15) is 14.4 Å². The van der Waals surface area contributed by atoms with Crippen LogP contribution in [0.4, 0.5) is 5.69 Å². The summed E-state index contributed by atoms with van der Waals surface area (Å²) in [6, 6.07) is 15.5. The lowest BCUT2D eigenvalue weighted by Crippen LogP contribution is -2.38. The molecule has 7 heteroatoms. The third-order valence-electron chi connectivity index (χ3n) is 5.93. The van der Waals surface area contributed by atoms with Crippen molar-refractivity contribution >= 4 is 35.2 Å². The average molecular weight is 438 g/mol. The zero-order chi connectivity index (χ0) is 22.0. The molecular formula is C24H27N3O3S. The van der Waals surface area contributed by atoms with Crippen molar-refractivity contribution in [1.82, 2.24) is 10.2 Å². The highest BCUT2D eigenvalue weighted by molar-refractivity contribution is 7.98. The molecule has 0 spiro atoms. The third kappa shape index (κ3) is 4.77. The molecule has 6 nitrogen and oxygen atoms in total. The fourth-order valence-electron chi connectivity index (χ4n) is 3.99. The summed E-state index contributed by atoms with van der Waals surface area (Å²) in [5.74, 6) is -0.398. The summed E-state index contributed by atoms with van der Waals surface area (Å²) in [4.78, 5) is 42.6. The Labute approximate surface area is 187 Å². The predicted molar refractivity (Wildman–Crippen MR) is 122 cm³/mol. The first-order valence-corrected chi connectivity index (χ1v) is 11.8. The summed E-state index contributed by atoms with van der Waals surface area (Å²) in [5, 5.41) is 2.61. The van der Waals surface area contributed by atoms with Crippen molar-refractivity contribution in [3.8, 4) is 0 Å². The van der Waals surface area contributed by atoms with Crippen LogP contribution in [-0.2, 0) is 16.1 Å². The Morgan fingerprint density at radius 2 is 1.77 bits per heavy atom. The molecule has 2 aromatic rings. The molecular weight excluding hydrogens is 410 g/mol. The first-order valence-electron chi connectivity index (χ1n) is 10.6. The molecule has 1 atom stereocenters. The van der Waals surface area contributed by atoms with Crippen LogP contribution in [0.25, 0.3) is 0 Å². The second-order valence-corrected chi connectivity index (χ2v) is 8.96. The number of amides is 3. The number of benzene rings is 2. The Morgan fingerprint density at radius 1 is 1.10 bits per heavy atom. The van der Waals surface area contributed by atoms with Gasteiger partial charge in [-0.3, -0.25) is 14.4 Å². The number of thioether (sulfide) groups is 1. The zero-order valence-corrected chi connectivity index (χ0v) is 18.7. The first-order chi connectivity index (χ1) is 15.0. The highest BCUT2D eigenvalue weighted by Crippen LogP contribution is 2.33. The largest absolute Gasteiger partial charge is 0.355 e. The van der Waals surface area contributed by atoms with Crippen LogP contribution >= 0.6 is 11.8 Å². The summed E-state index contributed by atoms with van der Waals surface area (Å²) < 4.78 is 0. The molecule has 0 unspecified atom stereocenters. The van der Waals surface area contributed by atoms with Gasteiger partial charge in [-0.15, -0.1) is 11.8 Å². The topological polar surface area (TPSA) is 69.7 Å². The Kier molecular flexibility index (Phi) is 6.32. The maximum absolute atomic E-state index is 13.4. The lowest BCUT2D eigenvalue weighted by atomic mass is 10.1. The monoisotopic (exact) mass is 437 g/mol. The molecule has 31 heavy (non-hydrogen) atoms. The number of rotatable bonds is 7. The van der Waals surface area contributed by atoms with Crippen LogP contribution in [0.15, 0.2) is 53.4 Å². The van der Waals surface area contributed by atoms with Crippen LogP contribution in [0, 0.1) is 5.92 Å². The van der Waals surface area contributed by atoms with E-state index in [1.165, 1.54) is 0 Å². The van der Waals surface area contributed by atoms with E-state index in [0.29, 0.717) is 18.7 Å². The summed E-state index contributed by atoms with van der Waals surface area (Å²) >= 11 is 1.66. The SMILES string of the molecule is CNC(=O)c1ccc(CN(C(=O)[C@H]2CC(=O)N(c3ccc(SC)cc3)C2)C2CC2)cc1. The highest BCUT2D eigenvalue weighted by Gasteiger charge is 2.41. The Balaban J connectivity index is 1.45. The van der Waals surface area contributed by atoms with Crippen LogP contribution in [0.1, 0.15) is 35.2 Å². The van der Waals surface area contributed by atoms with Gasteiger partial charge in [-0.1, -0.05) is 12.1 Å². The molecule has 162 valence electrons. The van der Waals surface area contributed by atoms with Crippen molar-refractivity contribution in [3.63, 3.8) is 0 Å². The van der Waals surface area contributed by atoms with Gasteiger partial charge >= 0.3 is 0 Å². The molecule has 1 N–H and O–H groups in total. The minimum absolute atomic E-state index is 0.000861. The van der Waals surface area contributed by atoms with Gasteiger partial charge in [0.2, 0.25) is 11.8 Å². The van der Waals surface area contributed by atoms with Crippen LogP contribution < -0.4 is 10.2 Å². The zero-order valence-electron chi connectivity index (χ0n) is 17.8. The fourth-order valence-corrected chi connectivity index (χ4v) is 4.40. The van der Waals surface area contributed by atoms with Gasteiger partial charge in [0, 0.05) is 48.7 Å². The molecule has 1 aliphatic carbocycles. The second kappa shape index (κ2) is 9.14. The lowest BCUT2D eigenvalue weighted by Gasteiger charge is -2.26. The van der Waals surface area contributed by atoms with Gasteiger partial charge in [-0.05, 0) is 61.1 Å². The third-order valence-corrected chi connectivity index (χ3v) is 6.67. The normalized spacial score (nSPS) is 18.2. The second-order valence-electron chi connectivity index (χ2n) is 8.08. The van der Waals surface area contributed by atoms with Gasteiger partial charge in [0.15, 0.2) is 0 Å². The number of anilines is 1. The van der Waals surface area contributed by atoms with E-state index in [1.54, 1.807) is 35.8 Å². The number of nitrogens with zero attached hydrogens (tertiary/aromatic N) is 2. The molecule has 1 saturated heterocycles. The maximum atomic E-state index is 13.4. The molecule has 0 radical (unpaired) electrons. The van der Waals surface area contributed by atoms with E-state index >= 15 is 0 Å². The molecule has 0 aromatic heterocycles. The quantitative estimate of drug-likeness (QED) is 0.675. The minimum atomic E-state index is -0.321. The van der Waals surface area contributed by atoms with E-state index in [2.05, 4.69) is 5.32 Å². The molecule has 2 fully saturated rings. The Hall–Kier alpha value is -2.80. The molecule has 1 saturated carbocycles. The van der Waals surface area contributed by atoms with Crippen molar-refractivity contribution in [3.05, 3.63) is 59.7 Å². The van der Waals surface area contributed by atoms with Gasteiger partial charge in [-0.2, -0.15) is 0 Å². The van der Waals surface area contributed by atoms with E-state index in [4.69, 9.17) is 0 Å². The number of carbonyl (C=O) groups is 3. The van der Waals surface area contributed by atoms with Crippen LogP contribution in [-0.4, -0.2) is 48.5 Å². The Bertz CT molecular complexity index is 971. The van der Waals surface area contributed by atoms with Gasteiger partial charge in [0.25, 0.3) is 5.91 Å². The summed E-state index contributed by atoms with van der Waals surface area (Å²) in [7, 11) is 1.60. The van der Waals surface area contributed by atoms with Crippen molar-refractivity contribution in [2.45, 2.75) is 36.7 Å². The fraction of sp³-hybridized carbons (Fsp3) is 0.375. The van der Waals surface area contributed by atoms with Crippen LogP contribution in [0.2, 0.25) is 0 Å². The number of hydrogen-bond donors (Lipinski definition) is 1. The summed E-state index contributed by atoms with van der Waals surface area (Å²) in [5.41, 5.74) is 2.43. The van der Waals surface area contributed by atoms with E-state index in [-0.39, 0.29) is 36.1 Å². The van der Waals surface area contributed by atoms with Crippen molar-refractivity contribution in [2.24, 2.45) is 5.92 Å². The van der Waals surface area contributed by atoms with Gasteiger partial charge in [-0.25, -0.2) is 0 Å². The molecule has 0 bridgehead atoms. The highest BCUT2D eigenvalue weighted by atomic mass is 32.2. The molecule has 2 aromatic carbocycles. The van der Waals surface area contributed by atoms with Crippen molar-refractivity contribution < 1.29 is 14.4 Å². The molecule has 1 aliphatic heterocycles. The van der Waals surface area contributed by atoms with E-state index in [1.807, 2.05) is 47.6 Å². The van der Waals surface area contributed by atoms with E-state index in [0.717, 1.165) is 29.0 Å². The van der Waals surface area contributed by atoms with E-state index < -0.39 is 0 Å².